The van der Waals surface area contributed by atoms with Crippen molar-refractivity contribution < 1.29 is 22.7 Å². The Labute approximate surface area is 180 Å². The van der Waals surface area contributed by atoms with Gasteiger partial charge in [0.15, 0.2) is 0 Å². The monoisotopic (exact) mass is 441 g/mol. The summed E-state index contributed by atoms with van der Waals surface area (Å²) in [5.74, 6) is 0.451. The highest BCUT2D eigenvalue weighted by atomic mass is 32.2. The van der Waals surface area contributed by atoms with Crippen molar-refractivity contribution in [1.82, 2.24) is 14.5 Å². The van der Waals surface area contributed by atoms with Gasteiger partial charge >= 0.3 is 0 Å². The van der Waals surface area contributed by atoms with E-state index in [0.29, 0.717) is 34.9 Å². The van der Waals surface area contributed by atoms with Crippen molar-refractivity contribution in [2.24, 2.45) is 0 Å². The minimum Gasteiger partial charge on any atom is -0.497 e. The van der Waals surface area contributed by atoms with Crippen LogP contribution < -0.4 is 10.1 Å². The van der Waals surface area contributed by atoms with Crippen LogP contribution in [0.4, 0.5) is 0 Å². The number of methoxy groups -OCH3 is 1. The highest BCUT2D eigenvalue weighted by Gasteiger charge is 2.35. The molecule has 1 fully saturated rings. The molecule has 1 heterocycles. The number of benzene rings is 1. The van der Waals surface area contributed by atoms with Crippen LogP contribution in [-0.4, -0.2) is 83.6 Å². The summed E-state index contributed by atoms with van der Waals surface area (Å²) in [6.07, 6.45) is 2.47. The summed E-state index contributed by atoms with van der Waals surface area (Å²) in [5.41, 5.74) is 1.33. The lowest BCUT2D eigenvalue weighted by Crippen LogP contribution is -2.46. The van der Waals surface area contributed by atoms with Crippen LogP contribution >= 0.6 is 0 Å². The van der Waals surface area contributed by atoms with Crippen LogP contribution in [0.5, 0.6) is 5.75 Å². The molecule has 0 aromatic heterocycles. The fourth-order valence-electron chi connectivity index (χ4n) is 3.77. The first-order valence-corrected chi connectivity index (χ1v) is 11.8. The van der Waals surface area contributed by atoms with E-state index in [9.17, 15) is 13.2 Å². The summed E-state index contributed by atoms with van der Waals surface area (Å²) in [6, 6.07) is 3.21. The number of rotatable bonds is 10. The largest absolute Gasteiger partial charge is 0.497 e. The van der Waals surface area contributed by atoms with Gasteiger partial charge in [0.05, 0.1) is 18.6 Å². The molecule has 1 amide bonds. The molecular weight excluding hydrogens is 406 g/mol. The van der Waals surface area contributed by atoms with Crippen LogP contribution in [0.2, 0.25) is 0 Å². The Bertz CT molecular complexity index is 803. The molecule has 2 rings (SSSR count). The summed E-state index contributed by atoms with van der Waals surface area (Å²) in [5, 5.41) is 2.80. The third-order valence-corrected chi connectivity index (χ3v) is 7.49. The Morgan fingerprint density at radius 2 is 1.90 bits per heavy atom. The smallest absolute Gasteiger partial charge is 0.246 e. The van der Waals surface area contributed by atoms with Crippen LogP contribution in [0.1, 0.15) is 30.4 Å². The summed E-state index contributed by atoms with van der Waals surface area (Å²) >= 11 is 0. The molecule has 1 N–H and O–H groups in total. The van der Waals surface area contributed by atoms with E-state index >= 15 is 0 Å². The first kappa shape index (κ1) is 24.6. The quantitative estimate of drug-likeness (QED) is 0.593. The summed E-state index contributed by atoms with van der Waals surface area (Å²) in [6.45, 7) is 5.46. The molecule has 1 unspecified atom stereocenters. The predicted octanol–water partition coefficient (Wildman–Crippen LogP) is 1.55. The van der Waals surface area contributed by atoms with Crippen LogP contribution in [0.15, 0.2) is 17.0 Å². The zero-order valence-electron chi connectivity index (χ0n) is 18.7. The fourth-order valence-corrected chi connectivity index (χ4v) is 5.86. The molecule has 0 bridgehead atoms. The highest BCUT2D eigenvalue weighted by Crippen LogP contribution is 2.31. The van der Waals surface area contributed by atoms with Crippen molar-refractivity contribution >= 4 is 15.9 Å². The Morgan fingerprint density at radius 1 is 1.23 bits per heavy atom. The van der Waals surface area contributed by atoms with E-state index in [2.05, 4.69) is 5.32 Å². The maximum atomic E-state index is 13.5. The van der Waals surface area contributed by atoms with Crippen molar-refractivity contribution in [3.05, 3.63) is 23.3 Å². The Hall–Kier alpha value is -1.68. The van der Waals surface area contributed by atoms with Crippen LogP contribution in [0.25, 0.3) is 0 Å². The van der Waals surface area contributed by atoms with Gasteiger partial charge in [0.1, 0.15) is 12.4 Å². The number of piperidine rings is 1. The van der Waals surface area contributed by atoms with Crippen molar-refractivity contribution in [1.29, 1.82) is 0 Å². The molecule has 0 saturated carbocycles. The van der Waals surface area contributed by atoms with Gasteiger partial charge in [-0.15, -0.1) is 0 Å². The molecule has 30 heavy (non-hydrogen) atoms. The first-order valence-electron chi connectivity index (χ1n) is 10.3. The molecular formula is C21H35N3O5S. The van der Waals surface area contributed by atoms with Crippen LogP contribution in [0.3, 0.4) is 0 Å². The lowest BCUT2D eigenvalue weighted by atomic mass is 10.1. The van der Waals surface area contributed by atoms with Crippen molar-refractivity contribution in [2.75, 3.05) is 54.1 Å². The van der Waals surface area contributed by atoms with Gasteiger partial charge in [-0.05, 0) is 64.0 Å². The third kappa shape index (κ3) is 6.41. The maximum Gasteiger partial charge on any atom is 0.246 e. The van der Waals surface area contributed by atoms with E-state index in [-0.39, 0.29) is 25.2 Å². The molecule has 0 aliphatic carbocycles. The van der Waals surface area contributed by atoms with Crippen molar-refractivity contribution in [3.63, 3.8) is 0 Å². The second kappa shape index (κ2) is 11.1. The second-order valence-corrected chi connectivity index (χ2v) is 9.85. The maximum absolute atomic E-state index is 13.5. The Morgan fingerprint density at radius 3 is 2.50 bits per heavy atom. The number of sulfonamides is 1. The average molecular weight is 442 g/mol. The van der Waals surface area contributed by atoms with Gasteiger partial charge in [0.2, 0.25) is 15.9 Å². The van der Waals surface area contributed by atoms with Gasteiger partial charge in [-0.25, -0.2) is 8.42 Å². The van der Waals surface area contributed by atoms with E-state index in [0.717, 1.165) is 25.8 Å². The molecule has 1 aromatic rings. The first-order chi connectivity index (χ1) is 14.2. The molecule has 1 saturated heterocycles. The van der Waals surface area contributed by atoms with E-state index < -0.39 is 10.0 Å². The van der Waals surface area contributed by atoms with E-state index in [4.69, 9.17) is 9.47 Å². The summed E-state index contributed by atoms with van der Waals surface area (Å²) in [7, 11) is 1.76. The lowest BCUT2D eigenvalue weighted by Gasteiger charge is -2.35. The second-order valence-electron chi connectivity index (χ2n) is 8.02. The normalized spacial score (nSPS) is 17.9. The minimum atomic E-state index is -3.68. The SMILES string of the molecule is COc1cc(C)c(S(=O)(=O)N2CCCCC2COCC(=O)NCCN(C)C)c(C)c1. The predicted molar refractivity (Wildman–Crippen MR) is 116 cm³/mol. The van der Waals surface area contributed by atoms with Crippen molar-refractivity contribution in [2.45, 2.75) is 44.0 Å². The molecule has 8 nitrogen and oxygen atoms in total. The van der Waals surface area contributed by atoms with Crippen molar-refractivity contribution in [3.8, 4) is 5.75 Å². The van der Waals surface area contributed by atoms with Gasteiger partial charge in [-0.3, -0.25) is 4.79 Å². The molecule has 9 heteroatoms. The number of likely N-dealkylation sites (N-methyl/N-ethyl adjacent to an activating group) is 1. The highest BCUT2D eigenvalue weighted by molar-refractivity contribution is 7.89. The number of nitrogens with one attached hydrogen (secondary N) is 1. The van der Waals surface area contributed by atoms with Crippen LogP contribution in [0, 0.1) is 13.8 Å². The third-order valence-electron chi connectivity index (χ3n) is 5.23. The molecule has 0 spiro atoms. The molecule has 1 aromatic carbocycles. The van der Waals surface area contributed by atoms with E-state index in [1.54, 1.807) is 37.4 Å². The Kier molecular flexibility index (Phi) is 9.09. The molecule has 1 atom stereocenters. The fraction of sp³-hybridized carbons (Fsp3) is 0.667. The molecule has 0 radical (unpaired) electrons. The molecule has 170 valence electrons. The molecule has 1 aliphatic rings. The average Bonchev–Trinajstić information content (AvgIpc) is 2.67. The number of carbonyl (C=O) groups excluding carboxylic acids is 1. The minimum absolute atomic E-state index is 0.0710. The van der Waals surface area contributed by atoms with Gasteiger partial charge in [0, 0.05) is 25.7 Å². The lowest BCUT2D eigenvalue weighted by molar-refractivity contribution is -0.126. The topological polar surface area (TPSA) is 88.2 Å². The van der Waals surface area contributed by atoms with E-state index in [1.807, 2.05) is 19.0 Å². The standard InChI is InChI=1S/C21H35N3O5S/c1-16-12-19(28-5)13-17(2)21(16)30(26,27)24-10-7-6-8-18(24)14-29-15-20(25)22-9-11-23(3)4/h12-13,18H,6-11,14-15H2,1-5H3,(H,22,25). The van der Waals surface area contributed by atoms with Crippen LogP contribution in [-0.2, 0) is 19.6 Å². The number of nitrogens with zero attached hydrogens (tertiary/aromatic N) is 2. The van der Waals surface area contributed by atoms with Gasteiger partial charge in [-0.2, -0.15) is 4.31 Å². The number of hydrogen-bond acceptors (Lipinski definition) is 6. The zero-order chi connectivity index (χ0) is 22.3. The van der Waals surface area contributed by atoms with Gasteiger partial charge in [-0.1, -0.05) is 6.42 Å². The molecule has 1 aliphatic heterocycles. The summed E-state index contributed by atoms with van der Waals surface area (Å²) < 4.78 is 39.4. The number of amides is 1. The van der Waals surface area contributed by atoms with E-state index in [1.165, 1.54) is 0 Å². The zero-order valence-corrected chi connectivity index (χ0v) is 19.5. The van der Waals surface area contributed by atoms with Gasteiger partial charge in [0.25, 0.3) is 0 Å². The number of aryl methyl sites for hydroxylation is 2. The number of hydrogen-bond donors (Lipinski definition) is 1. The summed E-state index contributed by atoms with van der Waals surface area (Å²) in [4.78, 5) is 14.2. The number of ether oxygens (including phenoxy) is 2. The number of carbonyl (C=O) groups is 1. The van der Waals surface area contributed by atoms with Gasteiger partial charge < -0.3 is 19.7 Å². The Balaban J connectivity index is 2.05.